The van der Waals surface area contributed by atoms with E-state index in [1.54, 1.807) is 30.3 Å². The smallest absolute Gasteiger partial charge is 0.433 e. The first kappa shape index (κ1) is 28.2. The van der Waals surface area contributed by atoms with Gasteiger partial charge in [0.25, 0.3) is 5.91 Å². The quantitative estimate of drug-likeness (QED) is 0.423. The summed E-state index contributed by atoms with van der Waals surface area (Å²) in [5.41, 5.74) is 4.06. The van der Waals surface area contributed by atoms with Crippen molar-refractivity contribution >= 4 is 29.2 Å². The molecule has 0 radical (unpaired) electrons. The largest absolute Gasteiger partial charge is 0.495 e. The first-order valence-electron chi connectivity index (χ1n) is 10.7. The molecule has 3 aromatic rings. The topological polar surface area (TPSA) is 139 Å². The molecule has 1 heterocycles. The second-order valence-corrected chi connectivity index (χ2v) is 8.25. The minimum absolute atomic E-state index is 0.0242. The van der Waals surface area contributed by atoms with Crippen molar-refractivity contribution in [1.29, 1.82) is 5.26 Å². The number of aromatic nitrogens is 1. The van der Waals surface area contributed by atoms with E-state index in [0.717, 1.165) is 6.20 Å². The molecule has 0 aliphatic rings. The molecule has 38 heavy (non-hydrogen) atoms. The van der Waals surface area contributed by atoms with Crippen LogP contribution >= 0.6 is 11.6 Å². The number of carbonyl (C=O) groups is 2. The van der Waals surface area contributed by atoms with Crippen molar-refractivity contribution in [2.45, 2.75) is 12.2 Å². The van der Waals surface area contributed by atoms with Crippen LogP contribution in [0.5, 0.6) is 11.5 Å². The Bertz CT molecular complexity index is 1430. The molecule has 2 aromatic carbocycles. The molecule has 0 bridgehead atoms. The number of anilines is 1. The van der Waals surface area contributed by atoms with Crippen molar-refractivity contribution in [1.82, 2.24) is 4.98 Å². The summed E-state index contributed by atoms with van der Waals surface area (Å²) < 4.78 is 50.2. The van der Waals surface area contributed by atoms with E-state index in [-0.39, 0.29) is 33.0 Å². The summed E-state index contributed by atoms with van der Waals surface area (Å²) in [6.45, 7) is -0.519. The molecule has 13 heteroatoms. The standard InChI is InChI=1S/C25H20ClF3N4O5/c1-33(19-5-3-4-6-20(19)37-2)23(34)15-8-14(17(26)9-21(15)38-12-18(31)24(35)36)16-11-32-22(25(27,28)29)7-13(16)10-30/h3-9,11,18H,12,31H2,1-2H3,(H,35,36). The molecule has 9 nitrogen and oxygen atoms in total. The highest BCUT2D eigenvalue weighted by Gasteiger charge is 2.33. The van der Waals surface area contributed by atoms with Crippen LogP contribution in [-0.4, -0.2) is 48.8 Å². The number of nitrogens with zero attached hydrogens (tertiary/aromatic N) is 3. The zero-order valence-corrected chi connectivity index (χ0v) is 20.7. The predicted octanol–water partition coefficient (Wildman–Crippen LogP) is 4.37. The van der Waals surface area contributed by atoms with Crippen molar-refractivity contribution in [2.24, 2.45) is 5.73 Å². The van der Waals surface area contributed by atoms with Gasteiger partial charge in [-0.25, -0.2) is 0 Å². The third-order valence-corrected chi connectivity index (χ3v) is 5.70. The number of alkyl halides is 3. The number of carbonyl (C=O) groups excluding carboxylic acids is 1. The fourth-order valence-corrected chi connectivity index (χ4v) is 3.67. The molecule has 3 rings (SSSR count). The van der Waals surface area contributed by atoms with Crippen LogP contribution in [0.15, 0.2) is 48.7 Å². The fraction of sp³-hybridized carbons (Fsp3) is 0.200. The van der Waals surface area contributed by atoms with Crippen LogP contribution in [0.25, 0.3) is 11.1 Å². The normalized spacial score (nSPS) is 11.8. The van der Waals surface area contributed by atoms with Gasteiger partial charge in [0, 0.05) is 30.4 Å². The maximum Gasteiger partial charge on any atom is 0.433 e. The maximum absolute atomic E-state index is 13.6. The molecular weight excluding hydrogens is 529 g/mol. The Morgan fingerprint density at radius 3 is 2.50 bits per heavy atom. The number of hydrogen-bond acceptors (Lipinski definition) is 7. The lowest BCUT2D eigenvalue weighted by Crippen LogP contribution is -2.36. The Morgan fingerprint density at radius 2 is 1.89 bits per heavy atom. The molecule has 0 saturated heterocycles. The van der Waals surface area contributed by atoms with Gasteiger partial charge in [0.1, 0.15) is 29.8 Å². The molecule has 0 spiro atoms. The zero-order chi connectivity index (χ0) is 28.2. The van der Waals surface area contributed by atoms with Crippen LogP contribution in [0.4, 0.5) is 18.9 Å². The van der Waals surface area contributed by atoms with E-state index in [0.29, 0.717) is 17.5 Å². The number of carboxylic acid groups (broad SMARTS) is 1. The van der Waals surface area contributed by atoms with E-state index < -0.39 is 36.4 Å². The molecule has 0 aliphatic heterocycles. The number of amides is 1. The van der Waals surface area contributed by atoms with Crippen molar-refractivity contribution in [2.75, 3.05) is 25.7 Å². The van der Waals surface area contributed by atoms with Gasteiger partial charge in [0.2, 0.25) is 0 Å². The molecule has 3 N–H and O–H groups in total. The van der Waals surface area contributed by atoms with Gasteiger partial charge in [-0.1, -0.05) is 23.7 Å². The van der Waals surface area contributed by atoms with Gasteiger partial charge < -0.3 is 25.2 Å². The number of nitrogens with two attached hydrogens (primary N) is 1. The summed E-state index contributed by atoms with van der Waals surface area (Å²) in [5, 5.41) is 18.5. The fourth-order valence-electron chi connectivity index (χ4n) is 3.41. The van der Waals surface area contributed by atoms with Gasteiger partial charge >= 0.3 is 12.1 Å². The molecule has 1 atom stereocenters. The Kier molecular flexibility index (Phi) is 8.45. The summed E-state index contributed by atoms with van der Waals surface area (Å²) in [5.74, 6) is -1.78. The van der Waals surface area contributed by atoms with Gasteiger partial charge in [0.15, 0.2) is 0 Å². The van der Waals surface area contributed by atoms with Crippen LogP contribution in [0.3, 0.4) is 0 Å². The molecule has 1 amide bonds. The Labute approximate surface area is 219 Å². The summed E-state index contributed by atoms with van der Waals surface area (Å²) in [4.78, 5) is 29.4. The number of aliphatic carboxylic acids is 1. The monoisotopic (exact) mass is 548 g/mol. The minimum atomic E-state index is -4.78. The average molecular weight is 549 g/mol. The van der Waals surface area contributed by atoms with E-state index >= 15 is 0 Å². The van der Waals surface area contributed by atoms with Crippen LogP contribution < -0.4 is 20.1 Å². The number of pyridine rings is 1. The van der Waals surface area contributed by atoms with E-state index in [9.17, 15) is 28.0 Å². The number of hydrogen-bond donors (Lipinski definition) is 2. The van der Waals surface area contributed by atoms with E-state index in [1.165, 1.54) is 31.2 Å². The van der Waals surface area contributed by atoms with Crippen LogP contribution in [0, 0.1) is 11.3 Å². The second kappa shape index (κ2) is 11.4. The number of carboxylic acids is 1. The summed E-state index contributed by atoms with van der Waals surface area (Å²) in [6.07, 6.45) is -3.95. The first-order valence-corrected chi connectivity index (χ1v) is 11.1. The average Bonchev–Trinajstić information content (AvgIpc) is 2.89. The number of rotatable bonds is 8. The maximum atomic E-state index is 13.6. The van der Waals surface area contributed by atoms with E-state index in [4.69, 9.17) is 31.9 Å². The number of nitriles is 1. The highest BCUT2D eigenvalue weighted by Crippen LogP contribution is 2.39. The zero-order valence-electron chi connectivity index (χ0n) is 19.9. The first-order chi connectivity index (χ1) is 17.9. The third-order valence-electron chi connectivity index (χ3n) is 5.39. The molecule has 0 fully saturated rings. The highest BCUT2D eigenvalue weighted by atomic mass is 35.5. The molecular formula is C25H20ClF3N4O5. The number of ether oxygens (including phenoxy) is 2. The Morgan fingerprint density at radius 1 is 1.21 bits per heavy atom. The van der Waals surface area contributed by atoms with Gasteiger partial charge in [0.05, 0.1) is 35.0 Å². The highest BCUT2D eigenvalue weighted by molar-refractivity contribution is 6.34. The van der Waals surface area contributed by atoms with Gasteiger partial charge in [-0.15, -0.1) is 0 Å². The third kappa shape index (κ3) is 5.96. The lowest BCUT2D eigenvalue weighted by atomic mass is 9.98. The number of para-hydroxylation sites is 2. The van der Waals surface area contributed by atoms with Crippen molar-refractivity contribution in [3.63, 3.8) is 0 Å². The van der Waals surface area contributed by atoms with Crippen molar-refractivity contribution in [3.8, 4) is 28.7 Å². The van der Waals surface area contributed by atoms with Crippen LogP contribution in [0.1, 0.15) is 21.6 Å². The molecule has 0 saturated carbocycles. The number of methoxy groups -OCH3 is 1. The Balaban J connectivity index is 2.18. The lowest BCUT2D eigenvalue weighted by molar-refractivity contribution is -0.141. The molecule has 198 valence electrons. The van der Waals surface area contributed by atoms with Crippen molar-refractivity contribution < 1.29 is 37.3 Å². The van der Waals surface area contributed by atoms with E-state index in [1.807, 2.05) is 0 Å². The predicted molar refractivity (Wildman–Crippen MR) is 131 cm³/mol. The minimum Gasteiger partial charge on any atom is -0.495 e. The van der Waals surface area contributed by atoms with Crippen LogP contribution in [-0.2, 0) is 11.0 Å². The van der Waals surface area contributed by atoms with Crippen molar-refractivity contribution in [3.05, 3.63) is 70.5 Å². The van der Waals surface area contributed by atoms with Crippen LogP contribution in [0.2, 0.25) is 5.02 Å². The van der Waals surface area contributed by atoms with Gasteiger partial charge in [-0.3, -0.25) is 14.6 Å². The summed E-state index contributed by atoms with van der Waals surface area (Å²) in [6, 6.07) is 9.86. The SMILES string of the molecule is COc1ccccc1N(C)C(=O)c1cc(-c2cnc(C(F)(F)F)cc2C#N)c(Cl)cc1OCC(N)C(=O)O. The Hall–Kier alpha value is -4.34. The molecule has 1 aromatic heterocycles. The van der Waals surface area contributed by atoms with Gasteiger partial charge in [-0.2, -0.15) is 18.4 Å². The second-order valence-electron chi connectivity index (χ2n) is 7.84. The number of benzene rings is 2. The molecule has 0 aliphatic carbocycles. The van der Waals surface area contributed by atoms with Gasteiger partial charge in [-0.05, 0) is 24.3 Å². The van der Waals surface area contributed by atoms with E-state index in [2.05, 4.69) is 4.98 Å². The lowest BCUT2D eigenvalue weighted by Gasteiger charge is -2.22. The number of halogens is 4. The molecule has 1 unspecified atom stereocenters. The summed E-state index contributed by atoms with van der Waals surface area (Å²) in [7, 11) is 2.86. The summed E-state index contributed by atoms with van der Waals surface area (Å²) >= 11 is 6.39.